The summed E-state index contributed by atoms with van der Waals surface area (Å²) in [6.07, 6.45) is -0.374. The number of ether oxygens (including phenoxy) is 2. The fraction of sp³-hybridized carbons (Fsp3) is 0.600. The van der Waals surface area contributed by atoms with E-state index in [1.54, 1.807) is 21.1 Å². The number of hydrogen-bond acceptors (Lipinski definition) is 7. The summed E-state index contributed by atoms with van der Waals surface area (Å²) in [5, 5.41) is 16.2. The fourth-order valence-corrected chi connectivity index (χ4v) is 4.38. The summed E-state index contributed by atoms with van der Waals surface area (Å²) in [5.41, 5.74) is -0.0662. The Morgan fingerprint density at radius 1 is 1.17 bits per heavy atom. The van der Waals surface area contributed by atoms with Crippen LogP contribution in [-0.2, 0) is 4.79 Å². The van der Waals surface area contributed by atoms with Gasteiger partial charge < -0.3 is 24.8 Å². The molecular formula is C20H29ClN4O5. The van der Waals surface area contributed by atoms with E-state index >= 15 is 0 Å². The van der Waals surface area contributed by atoms with Crippen molar-refractivity contribution < 1.29 is 24.2 Å². The highest BCUT2D eigenvalue weighted by Gasteiger charge is 2.44. The number of nitrogens with zero attached hydrogens (tertiary/aromatic N) is 2. The van der Waals surface area contributed by atoms with Crippen molar-refractivity contribution in [1.29, 1.82) is 0 Å². The predicted molar refractivity (Wildman–Crippen MR) is 113 cm³/mol. The summed E-state index contributed by atoms with van der Waals surface area (Å²) in [7, 11) is 3.13. The van der Waals surface area contributed by atoms with Crippen molar-refractivity contribution in [3.63, 3.8) is 0 Å². The maximum atomic E-state index is 12.0. The lowest BCUT2D eigenvalue weighted by Crippen LogP contribution is -2.54. The molecule has 0 saturated carbocycles. The Balaban J connectivity index is 1.61. The third-order valence-corrected chi connectivity index (χ3v) is 6.21. The van der Waals surface area contributed by atoms with Crippen molar-refractivity contribution in [2.75, 3.05) is 45.3 Å². The summed E-state index contributed by atoms with van der Waals surface area (Å²) < 4.78 is 10.7. The van der Waals surface area contributed by atoms with Gasteiger partial charge in [0.2, 0.25) is 0 Å². The van der Waals surface area contributed by atoms with Crippen LogP contribution in [0.2, 0.25) is 5.02 Å². The van der Waals surface area contributed by atoms with Crippen LogP contribution in [0.3, 0.4) is 0 Å². The van der Waals surface area contributed by atoms with Gasteiger partial charge in [-0.05, 0) is 19.3 Å². The lowest BCUT2D eigenvalue weighted by molar-refractivity contribution is -0.125. The van der Waals surface area contributed by atoms with E-state index < -0.39 is 17.8 Å². The Bertz CT molecular complexity index is 789. The van der Waals surface area contributed by atoms with E-state index in [1.165, 1.54) is 0 Å². The first-order valence-corrected chi connectivity index (χ1v) is 10.3. The van der Waals surface area contributed by atoms with E-state index in [-0.39, 0.29) is 11.8 Å². The van der Waals surface area contributed by atoms with Crippen LogP contribution in [0.25, 0.3) is 0 Å². The molecule has 1 unspecified atom stereocenters. The van der Waals surface area contributed by atoms with Gasteiger partial charge in [-0.25, -0.2) is 4.79 Å². The number of piperazine rings is 1. The predicted octanol–water partition coefficient (Wildman–Crippen LogP) is 1.42. The number of nitrogens with one attached hydrogen (secondary N) is 2. The molecule has 9 nitrogen and oxygen atoms in total. The molecule has 0 aliphatic carbocycles. The second kappa shape index (κ2) is 8.87. The van der Waals surface area contributed by atoms with Crippen LogP contribution in [0.5, 0.6) is 11.5 Å². The van der Waals surface area contributed by atoms with Gasteiger partial charge in [0.1, 0.15) is 28.3 Å². The van der Waals surface area contributed by atoms with E-state index in [0.717, 1.165) is 5.69 Å². The Labute approximate surface area is 181 Å². The zero-order chi connectivity index (χ0) is 22.1. The second-order valence-electron chi connectivity index (χ2n) is 8.02. The van der Waals surface area contributed by atoms with Gasteiger partial charge in [-0.3, -0.25) is 15.0 Å². The van der Waals surface area contributed by atoms with Gasteiger partial charge in [0.25, 0.3) is 5.91 Å². The first-order chi connectivity index (χ1) is 14.2. The molecule has 1 aromatic rings. The molecular weight excluding hydrogens is 412 g/mol. The highest BCUT2D eigenvalue weighted by atomic mass is 35.5. The van der Waals surface area contributed by atoms with Gasteiger partial charge >= 0.3 is 6.03 Å². The molecule has 3 atom stereocenters. The Hall–Kier alpha value is -2.23. The monoisotopic (exact) mass is 440 g/mol. The number of rotatable bonds is 7. The van der Waals surface area contributed by atoms with Crippen molar-refractivity contribution in [2.24, 2.45) is 5.92 Å². The number of methoxy groups -OCH3 is 2. The third kappa shape index (κ3) is 4.43. The molecule has 10 heteroatoms. The van der Waals surface area contributed by atoms with Gasteiger partial charge in [-0.1, -0.05) is 18.5 Å². The Kier molecular flexibility index (Phi) is 6.64. The zero-order valence-corrected chi connectivity index (χ0v) is 18.5. The normalized spacial score (nSPS) is 24.3. The van der Waals surface area contributed by atoms with Gasteiger partial charge in [0, 0.05) is 44.0 Å². The summed E-state index contributed by atoms with van der Waals surface area (Å²) in [5.74, 6) is 0.530. The maximum Gasteiger partial charge on any atom is 0.322 e. The van der Waals surface area contributed by atoms with Crippen LogP contribution < -0.4 is 25.0 Å². The number of benzene rings is 1. The number of amides is 3. The summed E-state index contributed by atoms with van der Waals surface area (Å²) in [4.78, 5) is 27.7. The van der Waals surface area contributed by atoms with Crippen LogP contribution in [0, 0.1) is 5.92 Å². The minimum absolute atomic E-state index is 0.207. The summed E-state index contributed by atoms with van der Waals surface area (Å²) in [6.45, 7) is 6.26. The number of hydrogen-bond donors (Lipinski definition) is 3. The summed E-state index contributed by atoms with van der Waals surface area (Å²) >= 11 is 6.26. The highest BCUT2D eigenvalue weighted by molar-refractivity contribution is 6.33. The van der Waals surface area contributed by atoms with Crippen molar-refractivity contribution >= 4 is 29.2 Å². The standard InChI is InChI=1S/C20H29ClN4O5/c1-12(11-20(2)18(27)22-19(28)23-20)17(26)25-7-5-24(6-8-25)13-9-14(29-3)16(21)15(10-13)30-4/h9-10,12,17,26H,5-8,11H2,1-4H3,(H2,22,23,27,28)/t12-,17?,20+/m0/s1. The molecule has 30 heavy (non-hydrogen) atoms. The van der Waals surface area contributed by atoms with E-state index in [0.29, 0.717) is 49.1 Å². The second-order valence-corrected chi connectivity index (χ2v) is 8.40. The van der Waals surface area contributed by atoms with Crippen molar-refractivity contribution in [1.82, 2.24) is 15.5 Å². The van der Waals surface area contributed by atoms with Crippen LogP contribution in [-0.4, -0.2) is 74.1 Å². The van der Waals surface area contributed by atoms with Crippen LogP contribution in [0.15, 0.2) is 12.1 Å². The highest BCUT2D eigenvalue weighted by Crippen LogP contribution is 2.38. The van der Waals surface area contributed by atoms with E-state index in [9.17, 15) is 14.7 Å². The molecule has 166 valence electrons. The van der Waals surface area contributed by atoms with E-state index in [2.05, 4.69) is 15.5 Å². The molecule has 2 aliphatic heterocycles. The molecule has 2 saturated heterocycles. The maximum absolute atomic E-state index is 12.0. The third-order valence-electron chi connectivity index (χ3n) is 5.84. The number of urea groups is 1. The summed E-state index contributed by atoms with van der Waals surface area (Å²) in [6, 6.07) is 3.26. The Morgan fingerprint density at radius 2 is 1.73 bits per heavy atom. The topological polar surface area (TPSA) is 103 Å². The van der Waals surface area contributed by atoms with Crippen molar-refractivity contribution in [3.05, 3.63) is 17.2 Å². The van der Waals surface area contributed by atoms with Crippen molar-refractivity contribution in [2.45, 2.75) is 32.0 Å². The van der Waals surface area contributed by atoms with Crippen LogP contribution in [0.4, 0.5) is 10.5 Å². The molecule has 0 aromatic heterocycles. The SMILES string of the molecule is COc1cc(N2CCN(C(O)[C@@H](C)C[C@@]3(C)NC(=O)NC3=O)CC2)cc(OC)c1Cl. The number of aliphatic hydroxyl groups is 1. The number of anilines is 1. The largest absolute Gasteiger partial charge is 0.495 e. The minimum atomic E-state index is -1.00. The van der Waals surface area contributed by atoms with E-state index in [1.807, 2.05) is 24.0 Å². The molecule has 2 heterocycles. The first kappa shape index (κ1) is 22.5. The lowest BCUT2D eigenvalue weighted by Gasteiger charge is -2.41. The number of imide groups is 1. The Morgan fingerprint density at radius 3 is 2.20 bits per heavy atom. The van der Waals surface area contributed by atoms with E-state index in [4.69, 9.17) is 21.1 Å². The smallest absolute Gasteiger partial charge is 0.322 e. The molecule has 2 fully saturated rings. The van der Waals surface area contributed by atoms with Gasteiger partial charge in [-0.2, -0.15) is 0 Å². The minimum Gasteiger partial charge on any atom is -0.495 e. The first-order valence-electron chi connectivity index (χ1n) is 9.90. The van der Waals surface area contributed by atoms with Gasteiger partial charge in [-0.15, -0.1) is 0 Å². The molecule has 0 bridgehead atoms. The number of carbonyl (C=O) groups excluding carboxylic acids is 2. The fourth-order valence-electron chi connectivity index (χ4n) is 4.12. The van der Waals surface area contributed by atoms with Crippen molar-refractivity contribution in [3.8, 4) is 11.5 Å². The quantitative estimate of drug-likeness (QED) is 0.551. The van der Waals surface area contributed by atoms with Crippen LogP contribution >= 0.6 is 11.6 Å². The average molecular weight is 441 g/mol. The average Bonchev–Trinajstić information content (AvgIpc) is 2.98. The number of aliphatic hydroxyl groups excluding tert-OH is 1. The van der Waals surface area contributed by atoms with Gasteiger partial charge in [0.15, 0.2) is 0 Å². The molecule has 3 N–H and O–H groups in total. The molecule has 0 radical (unpaired) electrons. The number of halogens is 1. The molecule has 0 spiro atoms. The number of carbonyl (C=O) groups is 2. The zero-order valence-electron chi connectivity index (χ0n) is 17.7. The molecule has 3 rings (SSSR count). The lowest BCUT2D eigenvalue weighted by atomic mass is 9.88. The van der Waals surface area contributed by atoms with Crippen LogP contribution in [0.1, 0.15) is 20.3 Å². The molecule has 1 aromatic carbocycles. The molecule has 2 aliphatic rings. The van der Waals surface area contributed by atoms with Gasteiger partial charge in [0.05, 0.1) is 14.2 Å². The molecule has 3 amide bonds.